The summed E-state index contributed by atoms with van der Waals surface area (Å²) >= 11 is 0. The number of fused-ring (bicyclic) bond motifs is 1. The second-order valence-electron chi connectivity index (χ2n) is 9.52. The molecule has 0 radical (unpaired) electrons. The number of amides is 1. The molecule has 190 valence electrons. The Labute approximate surface area is 211 Å². The summed E-state index contributed by atoms with van der Waals surface area (Å²) in [5, 5.41) is 6.99. The van der Waals surface area contributed by atoms with Gasteiger partial charge in [0.1, 0.15) is 17.7 Å². The zero-order chi connectivity index (χ0) is 26.0. The van der Waals surface area contributed by atoms with Crippen molar-refractivity contribution in [1.82, 2.24) is 19.9 Å². The van der Waals surface area contributed by atoms with E-state index in [4.69, 9.17) is 4.74 Å². The molecule has 3 heterocycles. The molecule has 0 atom stereocenters. The fourth-order valence-electron chi connectivity index (χ4n) is 4.15. The summed E-state index contributed by atoms with van der Waals surface area (Å²) in [5.41, 5.74) is 1.47. The zero-order valence-electron chi connectivity index (χ0n) is 20.1. The monoisotopic (exact) mass is 505 g/mol. The van der Waals surface area contributed by atoms with Crippen molar-refractivity contribution in [3.63, 3.8) is 0 Å². The van der Waals surface area contributed by atoms with Crippen molar-refractivity contribution in [2.75, 3.05) is 25.1 Å². The Morgan fingerprint density at radius 2 is 1.89 bits per heavy atom. The highest BCUT2D eigenvalue weighted by molar-refractivity contribution is 5.94. The van der Waals surface area contributed by atoms with E-state index < -0.39 is 23.1 Å². The third-order valence-corrected chi connectivity index (χ3v) is 6.34. The first-order valence-electron chi connectivity index (χ1n) is 11.8. The van der Waals surface area contributed by atoms with Gasteiger partial charge in [-0.1, -0.05) is 19.1 Å². The Hall–Kier alpha value is -4.18. The van der Waals surface area contributed by atoms with Crippen LogP contribution in [0.25, 0.3) is 10.9 Å². The lowest BCUT2D eigenvalue weighted by Crippen LogP contribution is -2.45. The molecule has 37 heavy (non-hydrogen) atoms. The van der Waals surface area contributed by atoms with Crippen molar-refractivity contribution in [3.8, 4) is 0 Å². The molecule has 0 spiro atoms. The number of benzene rings is 2. The molecule has 1 fully saturated rings. The molecule has 2 aromatic heterocycles. The molecule has 0 bridgehead atoms. The highest BCUT2D eigenvalue weighted by Crippen LogP contribution is 2.28. The van der Waals surface area contributed by atoms with Crippen LogP contribution in [0.4, 0.5) is 14.6 Å². The normalized spacial score (nSPS) is 14.2. The van der Waals surface area contributed by atoms with E-state index in [9.17, 15) is 18.4 Å². The molecule has 0 saturated carbocycles. The first-order valence-corrected chi connectivity index (χ1v) is 11.8. The van der Waals surface area contributed by atoms with Crippen LogP contribution in [0.15, 0.2) is 65.8 Å². The number of rotatable bonds is 8. The van der Waals surface area contributed by atoms with Crippen molar-refractivity contribution in [1.29, 1.82) is 0 Å². The summed E-state index contributed by atoms with van der Waals surface area (Å²) in [6, 6.07) is 12.0. The number of halogens is 2. The fourth-order valence-corrected chi connectivity index (χ4v) is 4.15. The lowest BCUT2D eigenvalue weighted by atomic mass is 9.89. The zero-order valence-corrected chi connectivity index (χ0v) is 20.1. The number of anilines is 1. The predicted octanol–water partition coefficient (Wildman–Crippen LogP) is 3.50. The quantitative estimate of drug-likeness (QED) is 0.381. The van der Waals surface area contributed by atoms with Crippen LogP contribution < -0.4 is 16.2 Å². The van der Waals surface area contributed by atoms with Gasteiger partial charge in [-0.05, 0) is 47.5 Å². The van der Waals surface area contributed by atoms with Crippen molar-refractivity contribution < 1.29 is 18.3 Å². The summed E-state index contributed by atoms with van der Waals surface area (Å²) < 4.78 is 33.3. The van der Waals surface area contributed by atoms with Gasteiger partial charge >= 0.3 is 0 Å². The van der Waals surface area contributed by atoms with E-state index in [0.29, 0.717) is 31.1 Å². The minimum atomic E-state index is -0.996. The highest BCUT2D eigenvalue weighted by atomic mass is 19.2. The van der Waals surface area contributed by atoms with Gasteiger partial charge in [-0.15, -0.1) is 0 Å². The molecule has 0 unspecified atom stereocenters. The number of hydrogen-bond acceptors (Lipinski definition) is 6. The average molecular weight is 506 g/mol. The second-order valence-corrected chi connectivity index (χ2v) is 9.52. The van der Waals surface area contributed by atoms with Crippen LogP contribution in [-0.2, 0) is 17.8 Å². The summed E-state index contributed by atoms with van der Waals surface area (Å²) in [6.45, 7) is 4.44. The smallest absolute Gasteiger partial charge is 0.263 e. The first-order chi connectivity index (χ1) is 17.8. The third-order valence-electron chi connectivity index (χ3n) is 6.34. The Bertz CT molecular complexity index is 1530. The van der Waals surface area contributed by atoms with Crippen molar-refractivity contribution in [3.05, 3.63) is 99.7 Å². The minimum absolute atomic E-state index is 0.00275. The van der Waals surface area contributed by atoms with Crippen LogP contribution in [0.2, 0.25) is 0 Å². The predicted molar refractivity (Wildman–Crippen MR) is 134 cm³/mol. The molecule has 1 aliphatic heterocycles. The van der Waals surface area contributed by atoms with Crippen LogP contribution in [0.5, 0.6) is 0 Å². The van der Waals surface area contributed by atoms with E-state index in [2.05, 4.69) is 27.5 Å². The molecule has 1 amide bonds. The van der Waals surface area contributed by atoms with Crippen molar-refractivity contribution in [2.24, 2.45) is 5.41 Å². The van der Waals surface area contributed by atoms with E-state index in [1.54, 1.807) is 6.07 Å². The van der Waals surface area contributed by atoms with Crippen LogP contribution >= 0.6 is 0 Å². The Morgan fingerprint density at radius 3 is 2.65 bits per heavy atom. The number of hydrogen-bond donors (Lipinski definition) is 2. The number of nitrogens with one attached hydrogen (secondary N) is 2. The van der Waals surface area contributed by atoms with E-state index in [1.165, 1.54) is 29.2 Å². The molecule has 2 N–H and O–H groups in total. The number of ether oxygens (including phenoxy) is 1. The van der Waals surface area contributed by atoms with Gasteiger partial charge in [-0.3, -0.25) is 9.59 Å². The van der Waals surface area contributed by atoms with Crippen LogP contribution in [-0.4, -0.2) is 40.2 Å². The van der Waals surface area contributed by atoms with Gasteiger partial charge in [0.2, 0.25) is 0 Å². The molecule has 2 aromatic carbocycles. The number of nitrogens with zero attached hydrogens (tertiary/aromatic N) is 3. The molecule has 10 heteroatoms. The molecule has 1 saturated heterocycles. The molecule has 4 aromatic rings. The molecule has 1 aliphatic rings. The summed E-state index contributed by atoms with van der Waals surface area (Å²) in [4.78, 5) is 34.4. The first kappa shape index (κ1) is 24.5. The van der Waals surface area contributed by atoms with Crippen molar-refractivity contribution in [2.45, 2.75) is 20.0 Å². The van der Waals surface area contributed by atoms with E-state index in [-0.39, 0.29) is 24.1 Å². The molecular formula is C27H25F2N5O3. The molecule has 5 rings (SSSR count). The SMILES string of the molecule is CC1(CNc2ncnc3ccc(CNC(=O)c4cccn(Cc5ccc(F)c(F)c5)c4=O)cc23)COC1. The van der Waals surface area contributed by atoms with E-state index >= 15 is 0 Å². The van der Waals surface area contributed by atoms with Crippen molar-refractivity contribution >= 4 is 22.6 Å². The largest absolute Gasteiger partial charge is 0.380 e. The van der Waals surface area contributed by atoms with Gasteiger partial charge in [-0.2, -0.15) is 0 Å². The maximum absolute atomic E-state index is 13.5. The molecule has 8 nitrogen and oxygen atoms in total. The topological polar surface area (TPSA) is 98.1 Å². The van der Waals surface area contributed by atoms with Crippen LogP contribution in [0.1, 0.15) is 28.4 Å². The molecular weight excluding hydrogens is 480 g/mol. The van der Waals surface area contributed by atoms with Gasteiger partial charge in [-0.25, -0.2) is 18.7 Å². The Morgan fingerprint density at radius 1 is 1.08 bits per heavy atom. The number of aromatic nitrogens is 3. The summed E-state index contributed by atoms with van der Waals surface area (Å²) in [6.07, 6.45) is 3.00. The maximum atomic E-state index is 13.5. The van der Waals surface area contributed by atoms with E-state index in [1.807, 2.05) is 18.2 Å². The standard InChI is InChI=1S/C27H25F2N5O3/c1-27(14-37-15-27)13-31-24-20-9-17(5-7-23(20)32-16-33-24)11-30-25(35)19-3-2-8-34(26(19)36)12-18-4-6-21(28)22(29)10-18/h2-10,16H,11-15H2,1H3,(H,30,35)(H,31,32,33). The van der Waals surface area contributed by atoms with Gasteiger partial charge in [0.25, 0.3) is 11.5 Å². The summed E-state index contributed by atoms with van der Waals surface area (Å²) in [7, 11) is 0. The maximum Gasteiger partial charge on any atom is 0.263 e. The number of pyridine rings is 1. The number of carbonyl (C=O) groups is 1. The second kappa shape index (κ2) is 10.1. The number of carbonyl (C=O) groups excluding carboxylic acids is 1. The minimum Gasteiger partial charge on any atom is -0.380 e. The van der Waals surface area contributed by atoms with Gasteiger partial charge in [0.15, 0.2) is 11.6 Å². The third kappa shape index (κ3) is 5.34. The lowest BCUT2D eigenvalue weighted by Gasteiger charge is -2.38. The van der Waals surface area contributed by atoms with Gasteiger partial charge in [0, 0.05) is 30.1 Å². The Balaban J connectivity index is 1.29. The fraction of sp³-hybridized carbons (Fsp3) is 0.259. The van der Waals surface area contributed by atoms with Gasteiger partial charge in [0.05, 0.1) is 25.3 Å². The van der Waals surface area contributed by atoms with E-state index in [0.717, 1.165) is 28.6 Å². The van der Waals surface area contributed by atoms with Crippen LogP contribution in [0.3, 0.4) is 0 Å². The lowest BCUT2D eigenvalue weighted by molar-refractivity contribution is -0.0924. The molecule has 0 aliphatic carbocycles. The van der Waals surface area contributed by atoms with Crippen LogP contribution in [0, 0.1) is 17.0 Å². The van der Waals surface area contributed by atoms with Gasteiger partial charge < -0.3 is 19.9 Å². The summed E-state index contributed by atoms with van der Waals surface area (Å²) in [5.74, 6) is -1.79. The highest BCUT2D eigenvalue weighted by Gasteiger charge is 2.33. The average Bonchev–Trinajstić information content (AvgIpc) is 2.88. The Kier molecular flexibility index (Phi) is 6.66.